The topological polar surface area (TPSA) is 97.5 Å². The lowest BCUT2D eigenvalue weighted by Gasteiger charge is -2.08. The van der Waals surface area contributed by atoms with E-state index in [-0.39, 0.29) is 10.5 Å². The van der Waals surface area contributed by atoms with Crippen LogP contribution in [0.2, 0.25) is 0 Å². The molecule has 0 saturated heterocycles. The van der Waals surface area contributed by atoms with Gasteiger partial charge in [0.05, 0.1) is 10.5 Å². The van der Waals surface area contributed by atoms with Crippen LogP contribution in [0.3, 0.4) is 0 Å². The number of sulfonamides is 1. The second-order valence-corrected chi connectivity index (χ2v) is 5.53. The lowest BCUT2D eigenvalue weighted by Crippen LogP contribution is -2.16. The molecule has 0 bridgehead atoms. The van der Waals surface area contributed by atoms with Crippen LogP contribution in [-0.4, -0.2) is 19.5 Å². The van der Waals surface area contributed by atoms with Crippen molar-refractivity contribution in [1.82, 2.24) is 0 Å². The van der Waals surface area contributed by atoms with Crippen LogP contribution in [0.15, 0.2) is 21.5 Å². The van der Waals surface area contributed by atoms with Crippen LogP contribution in [0, 0.1) is 0 Å². The zero-order valence-corrected chi connectivity index (χ0v) is 10.8. The van der Waals surface area contributed by atoms with E-state index >= 15 is 0 Å². The monoisotopic (exact) mass is 307 g/mol. The number of rotatable bonds is 3. The highest BCUT2D eigenvalue weighted by molar-refractivity contribution is 9.10. The number of hydrogen-bond acceptors (Lipinski definition) is 3. The van der Waals surface area contributed by atoms with Gasteiger partial charge >= 0.3 is 5.97 Å². The number of carboxylic acid groups (broad SMARTS) is 1. The first-order chi connectivity index (χ1) is 7.27. The molecule has 0 fully saturated rings. The fourth-order valence-electron chi connectivity index (χ4n) is 1.30. The van der Waals surface area contributed by atoms with Crippen LogP contribution in [-0.2, 0) is 16.4 Å². The minimum atomic E-state index is -3.90. The van der Waals surface area contributed by atoms with Crippen molar-refractivity contribution in [1.29, 1.82) is 0 Å². The second-order valence-electron chi connectivity index (χ2n) is 3.14. The van der Waals surface area contributed by atoms with Gasteiger partial charge in [0.1, 0.15) is 0 Å². The highest BCUT2D eigenvalue weighted by atomic mass is 79.9. The lowest BCUT2D eigenvalue weighted by atomic mass is 10.1. The molecule has 0 saturated carbocycles. The van der Waals surface area contributed by atoms with E-state index in [2.05, 4.69) is 15.9 Å². The zero-order valence-electron chi connectivity index (χ0n) is 8.40. The second kappa shape index (κ2) is 4.52. The highest BCUT2D eigenvalue weighted by Crippen LogP contribution is 2.25. The van der Waals surface area contributed by atoms with Crippen LogP contribution < -0.4 is 5.14 Å². The number of benzene rings is 1. The predicted octanol–water partition coefficient (Wildman–Crippen LogP) is 1.36. The van der Waals surface area contributed by atoms with Crippen molar-refractivity contribution in [2.75, 3.05) is 0 Å². The maximum Gasteiger partial charge on any atom is 0.336 e. The molecule has 0 atom stereocenters. The molecular formula is C9H10BrNO4S. The summed E-state index contributed by atoms with van der Waals surface area (Å²) in [5.41, 5.74) is 0.362. The summed E-state index contributed by atoms with van der Waals surface area (Å²) >= 11 is 3.07. The number of hydrogen-bond donors (Lipinski definition) is 2. The Hall–Kier alpha value is -0.920. The number of aryl methyl sites for hydroxylation is 1. The van der Waals surface area contributed by atoms with Crippen LogP contribution in [0.25, 0.3) is 0 Å². The Balaban J connectivity index is 3.60. The van der Waals surface area contributed by atoms with Crippen molar-refractivity contribution in [3.63, 3.8) is 0 Å². The Kier molecular flexibility index (Phi) is 3.72. The molecule has 1 rings (SSSR count). The van der Waals surface area contributed by atoms with Gasteiger partial charge in [-0.3, -0.25) is 0 Å². The predicted molar refractivity (Wildman–Crippen MR) is 61.9 cm³/mol. The van der Waals surface area contributed by atoms with Gasteiger partial charge in [-0.25, -0.2) is 18.4 Å². The summed E-state index contributed by atoms with van der Waals surface area (Å²) < 4.78 is 22.9. The van der Waals surface area contributed by atoms with Crippen LogP contribution in [0.1, 0.15) is 22.8 Å². The summed E-state index contributed by atoms with van der Waals surface area (Å²) in [7, 11) is -3.90. The van der Waals surface area contributed by atoms with E-state index in [1.807, 2.05) is 0 Å². The van der Waals surface area contributed by atoms with Crippen LogP contribution in [0.5, 0.6) is 0 Å². The van der Waals surface area contributed by atoms with Gasteiger partial charge in [-0.1, -0.05) is 6.92 Å². The average Bonchev–Trinajstić information content (AvgIpc) is 2.14. The third-order valence-corrected chi connectivity index (χ3v) is 3.72. The highest BCUT2D eigenvalue weighted by Gasteiger charge is 2.18. The smallest absolute Gasteiger partial charge is 0.336 e. The summed E-state index contributed by atoms with van der Waals surface area (Å²) in [5, 5.41) is 13.9. The van der Waals surface area contributed by atoms with E-state index in [9.17, 15) is 13.2 Å². The van der Waals surface area contributed by atoms with Gasteiger partial charge in [0, 0.05) is 4.47 Å². The van der Waals surface area contributed by atoms with E-state index in [1.165, 1.54) is 6.07 Å². The van der Waals surface area contributed by atoms with E-state index < -0.39 is 16.0 Å². The maximum atomic E-state index is 11.3. The van der Waals surface area contributed by atoms with Gasteiger partial charge in [0.2, 0.25) is 10.0 Å². The van der Waals surface area contributed by atoms with E-state index in [0.717, 1.165) is 6.07 Å². The SMILES string of the molecule is CCc1cc(Br)c(C(=O)O)cc1S(N)(=O)=O. The molecule has 16 heavy (non-hydrogen) atoms. The van der Waals surface area contributed by atoms with Crippen molar-refractivity contribution >= 4 is 31.9 Å². The molecule has 0 aliphatic carbocycles. The van der Waals surface area contributed by atoms with Gasteiger partial charge in [-0.05, 0) is 40.0 Å². The first-order valence-corrected chi connectivity index (χ1v) is 6.69. The number of halogens is 1. The summed E-state index contributed by atoms with van der Waals surface area (Å²) in [5.74, 6) is -1.21. The normalized spacial score (nSPS) is 11.4. The summed E-state index contributed by atoms with van der Waals surface area (Å²) in [6.07, 6.45) is 0.449. The molecule has 0 aromatic heterocycles. The third-order valence-electron chi connectivity index (χ3n) is 2.07. The van der Waals surface area contributed by atoms with Crippen molar-refractivity contribution in [3.8, 4) is 0 Å². The molecule has 5 nitrogen and oxygen atoms in total. The maximum absolute atomic E-state index is 11.3. The molecule has 0 unspecified atom stereocenters. The molecule has 88 valence electrons. The van der Waals surface area contributed by atoms with Crippen molar-refractivity contribution < 1.29 is 18.3 Å². The van der Waals surface area contributed by atoms with E-state index in [1.54, 1.807) is 6.92 Å². The Morgan fingerprint density at radius 2 is 2.06 bits per heavy atom. The van der Waals surface area contributed by atoms with Gasteiger partial charge in [0.25, 0.3) is 0 Å². The van der Waals surface area contributed by atoms with Gasteiger partial charge in [0.15, 0.2) is 0 Å². The zero-order chi connectivity index (χ0) is 12.5. The molecule has 0 aliphatic rings. The molecule has 0 radical (unpaired) electrons. The summed E-state index contributed by atoms with van der Waals surface area (Å²) in [4.78, 5) is 10.7. The molecule has 1 aromatic carbocycles. The van der Waals surface area contributed by atoms with Crippen molar-refractivity contribution in [2.45, 2.75) is 18.2 Å². The van der Waals surface area contributed by atoms with Crippen LogP contribution in [0.4, 0.5) is 0 Å². The first kappa shape index (κ1) is 13.1. The first-order valence-electron chi connectivity index (χ1n) is 4.36. The third kappa shape index (κ3) is 2.60. The average molecular weight is 308 g/mol. The molecule has 0 aliphatic heterocycles. The van der Waals surface area contributed by atoms with E-state index in [4.69, 9.17) is 10.2 Å². The number of primary sulfonamides is 1. The molecule has 7 heteroatoms. The molecule has 3 N–H and O–H groups in total. The van der Waals surface area contributed by atoms with Gasteiger partial charge < -0.3 is 5.11 Å². The van der Waals surface area contributed by atoms with Crippen molar-refractivity contribution in [3.05, 3.63) is 27.7 Å². The molecule has 1 aromatic rings. The van der Waals surface area contributed by atoms with Crippen LogP contribution >= 0.6 is 15.9 Å². The fraction of sp³-hybridized carbons (Fsp3) is 0.222. The quantitative estimate of drug-likeness (QED) is 0.881. The lowest BCUT2D eigenvalue weighted by molar-refractivity contribution is 0.0695. The number of carbonyl (C=O) groups is 1. The van der Waals surface area contributed by atoms with Crippen molar-refractivity contribution in [2.24, 2.45) is 5.14 Å². The minimum Gasteiger partial charge on any atom is -0.478 e. The van der Waals surface area contributed by atoms with E-state index in [0.29, 0.717) is 16.5 Å². The molecular weight excluding hydrogens is 298 g/mol. The number of aromatic carboxylic acids is 1. The minimum absolute atomic E-state index is 0.124. The van der Waals surface area contributed by atoms with Gasteiger partial charge in [-0.15, -0.1) is 0 Å². The fourth-order valence-corrected chi connectivity index (χ4v) is 2.71. The Bertz CT molecular complexity index is 539. The Morgan fingerprint density at radius 1 is 1.50 bits per heavy atom. The molecule has 0 spiro atoms. The van der Waals surface area contributed by atoms with Gasteiger partial charge in [-0.2, -0.15) is 0 Å². The molecule has 0 heterocycles. The standard InChI is InChI=1S/C9H10BrNO4S/c1-2-5-3-7(10)6(9(12)13)4-8(5)16(11,14)15/h3-4H,2H2,1H3,(H,12,13)(H2,11,14,15). The molecule has 0 amide bonds. The largest absolute Gasteiger partial charge is 0.478 e. The number of nitrogens with two attached hydrogens (primary N) is 1. The summed E-state index contributed by atoms with van der Waals surface area (Å²) in [6, 6.07) is 2.53. The Morgan fingerprint density at radius 3 is 2.44 bits per heavy atom. The number of carboxylic acids is 1. The summed E-state index contributed by atoms with van der Waals surface area (Å²) in [6.45, 7) is 1.76. The Labute approximate surface area is 101 Å².